The van der Waals surface area contributed by atoms with Crippen molar-refractivity contribution in [3.05, 3.63) is 111 Å². The molecule has 200 valence electrons. The van der Waals surface area contributed by atoms with Crippen molar-refractivity contribution in [2.75, 3.05) is 5.32 Å². The summed E-state index contributed by atoms with van der Waals surface area (Å²) in [4.78, 5) is 35.1. The molecule has 1 heterocycles. The van der Waals surface area contributed by atoms with Crippen LogP contribution in [0.15, 0.2) is 71.3 Å². The van der Waals surface area contributed by atoms with E-state index in [2.05, 4.69) is 16.2 Å². The van der Waals surface area contributed by atoms with Crippen LogP contribution in [0.25, 0.3) is 11.1 Å². The third kappa shape index (κ3) is 5.82. The molecule has 4 N–H and O–H groups in total. The van der Waals surface area contributed by atoms with Crippen LogP contribution in [0, 0.1) is 27.6 Å². The second-order valence-electron chi connectivity index (χ2n) is 8.27. The number of carbonyl (C=O) groups is 2. The number of furan rings is 1. The maximum atomic E-state index is 13.6. The molecular weight excluding hydrogens is 521 g/mol. The Balaban J connectivity index is 1.42. The second kappa shape index (κ2) is 11.0. The number of nitro groups is 1. The van der Waals surface area contributed by atoms with Gasteiger partial charge in [-0.2, -0.15) is 0 Å². The first-order chi connectivity index (χ1) is 18.5. The number of phenols is 1. The smallest absolute Gasteiger partial charge is 0.311 e. The van der Waals surface area contributed by atoms with Crippen LogP contribution < -0.4 is 16.2 Å². The van der Waals surface area contributed by atoms with E-state index < -0.39 is 51.7 Å². The predicted molar refractivity (Wildman–Crippen MR) is 132 cm³/mol. The van der Waals surface area contributed by atoms with E-state index in [1.807, 2.05) is 0 Å². The number of nitrogens with zero attached hydrogens (tertiary/aromatic N) is 1. The number of halogens is 3. The molecule has 4 rings (SSSR count). The Morgan fingerprint density at radius 2 is 1.59 bits per heavy atom. The Labute approximate surface area is 218 Å². The third-order valence-corrected chi connectivity index (χ3v) is 5.68. The lowest BCUT2D eigenvalue weighted by atomic mass is 10.0. The molecule has 0 saturated carbocycles. The van der Waals surface area contributed by atoms with Crippen molar-refractivity contribution in [2.45, 2.75) is 13.0 Å². The van der Waals surface area contributed by atoms with Gasteiger partial charge in [0.1, 0.15) is 0 Å². The Morgan fingerprint density at radius 3 is 2.23 bits per heavy atom. The highest BCUT2D eigenvalue weighted by Gasteiger charge is 2.20. The molecule has 0 radical (unpaired) electrons. The lowest BCUT2D eigenvalue weighted by Crippen LogP contribution is -2.41. The molecule has 4 aromatic rings. The number of anilines is 1. The zero-order valence-corrected chi connectivity index (χ0v) is 20.0. The summed E-state index contributed by atoms with van der Waals surface area (Å²) in [6.45, 7) is 1.64. The van der Waals surface area contributed by atoms with Crippen LogP contribution in [0.1, 0.15) is 39.4 Å². The SMILES string of the molecule is CC(Nc1ccc(-c2ccoc2C(=O)NNC(=O)c2ccc(O)c([N+](=O)[O-])c2)cc1)c1cc(F)c(F)c(F)c1. The molecule has 0 saturated heterocycles. The molecule has 2 amide bonds. The highest BCUT2D eigenvalue weighted by Crippen LogP contribution is 2.29. The van der Waals surface area contributed by atoms with Gasteiger partial charge in [-0.25, -0.2) is 13.2 Å². The quantitative estimate of drug-likeness (QED) is 0.143. The minimum absolute atomic E-state index is 0.140. The Hall–Kier alpha value is -5.33. The van der Waals surface area contributed by atoms with Crippen molar-refractivity contribution in [2.24, 2.45) is 0 Å². The maximum Gasteiger partial charge on any atom is 0.311 e. The second-order valence-corrected chi connectivity index (χ2v) is 8.27. The van der Waals surface area contributed by atoms with E-state index in [4.69, 9.17) is 4.42 Å². The van der Waals surface area contributed by atoms with E-state index in [1.165, 1.54) is 12.3 Å². The molecule has 0 aliphatic heterocycles. The highest BCUT2D eigenvalue weighted by atomic mass is 19.2. The van der Waals surface area contributed by atoms with Gasteiger partial charge in [-0.15, -0.1) is 0 Å². The van der Waals surface area contributed by atoms with Gasteiger partial charge < -0.3 is 14.8 Å². The van der Waals surface area contributed by atoms with Crippen LogP contribution in [-0.4, -0.2) is 21.8 Å². The van der Waals surface area contributed by atoms with Gasteiger partial charge in [-0.1, -0.05) is 12.1 Å². The first-order valence-corrected chi connectivity index (χ1v) is 11.2. The van der Waals surface area contributed by atoms with Crippen molar-refractivity contribution < 1.29 is 37.2 Å². The number of nitro benzene ring substituents is 1. The Morgan fingerprint density at radius 1 is 0.949 bits per heavy atom. The van der Waals surface area contributed by atoms with Gasteiger partial charge in [0.2, 0.25) is 5.76 Å². The van der Waals surface area contributed by atoms with Gasteiger partial charge in [0.05, 0.1) is 11.2 Å². The zero-order chi connectivity index (χ0) is 28.3. The molecule has 39 heavy (non-hydrogen) atoms. The van der Waals surface area contributed by atoms with Crippen LogP contribution in [0.5, 0.6) is 5.75 Å². The summed E-state index contributed by atoms with van der Waals surface area (Å²) in [6.07, 6.45) is 1.27. The summed E-state index contributed by atoms with van der Waals surface area (Å²) in [5.74, 6) is -6.56. The van der Waals surface area contributed by atoms with Gasteiger partial charge in [0.25, 0.3) is 5.91 Å². The van der Waals surface area contributed by atoms with E-state index in [9.17, 15) is 38.0 Å². The minimum Gasteiger partial charge on any atom is -0.502 e. The summed E-state index contributed by atoms with van der Waals surface area (Å²) >= 11 is 0. The van der Waals surface area contributed by atoms with Crippen molar-refractivity contribution in [3.63, 3.8) is 0 Å². The monoisotopic (exact) mass is 540 g/mol. The summed E-state index contributed by atoms with van der Waals surface area (Å²) < 4.78 is 45.6. The Bertz CT molecular complexity index is 1550. The van der Waals surface area contributed by atoms with Crippen molar-refractivity contribution in [1.29, 1.82) is 0 Å². The summed E-state index contributed by atoms with van der Waals surface area (Å²) in [5.41, 5.74) is 5.14. The molecule has 0 aliphatic carbocycles. The number of hydrogen-bond acceptors (Lipinski definition) is 7. The molecule has 10 nitrogen and oxygen atoms in total. The number of amides is 2. The minimum atomic E-state index is -1.54. The van der Waals surface area contributed by atoms with Crippen LogP contribution in [0.3, 0.4) is 0 Å². The molecule has 3 aromatic carbocycles. The lowest BCUT2D eigenvalue weighted by molar-refractivity contribution is -0.385. The van der Waals surface area contributed by atoms with Gasteiger partial charge in [-0.3, -0.25) is 30.6 Å². The van der Waals surface area contributed by atoms with Gasteiger partial charge >= 0.3 is 11.6 Å². The Kier molecular flexibility index (Phi) is 7.51. The number of carbonyl (C=O) groups excluding carboxylic acids is 2. The summed E-state index contributed by atoms with van der Waals surface area (Å²) in [5, 5.41) is 23.5. The first kappa shape index (κ1) is 26.7. The summed E-state index contributed by atoms with van der Waals surface area (Å²) in [6, 6.07) is 12.3. The number of rotatable bonds is 7. The van der Waals surface area contributed by atoms with Crippen LogP contribution in [-0.2, 0) is 0 Å². The fourth-order valence-electron chi connectivity index (χ4n) is 3.67. The van der Waals surface area contributed by atoms with E-state index >= 15 is 0 Å². The number of hydrogen-bond donors (Lipinski definition) is 4. The van der Waals surface area contributed by atoms with Crippen molar-refractivity contribution >= 4 is 23.2 Å². The van der Waals surface area contributed by atoms with E-state index in [-0.39, 0.29) is 16.9 Å². The fourth-order valence-corrected chi connectivity index (χ4v) is 3.67. The standard InChI is InChI=1S/C26H19F3N4O6/c1-13(16-10-19(27)23(29)20(28)11-16)30-17-5-2-14(3-6-17)18-8-9-39-24(18)26(36)32-31-25(35)15-4-7-22(34)21(12-15)33(37)38/h2-13,30,34H,1H3,(H,31,35)(H,32,36). The molecule has 1 atom stereocenters. The number of nitrogens with one attached hydrogen (secondary N) is 3. The van der Waals surface area contributed by atoms with E-state index in [1.54, 1.807) is 31.2 Å². The van der Waals surface area contributed by atoms with E-state index in [0.29, 0.717) is 16.8 Å². The van der Waals surface area contributed by atoms with Gasteiger partial charge in [0.15, 0.2) is 23.2 Å². The molecule has 1 unspecified atom stereocenters. The largest absolute Gasteiger partial charge is 0.502 e. The summed E-state index contributed by atoms with van der Waals surface area (Å²) in [7, 11) is 0. The molecule has 1 aromatic heterocycles. The highest BCUT2D eigenvalue weighted by molar-refractivity contribution is 6.01. The van der Waals surface area contributed by atoms with Crippen LogP contribution in [0.2, 0.25) is 0 Å². The number of phenolic OH excluding ortho intramolecular Hbond substituents is 1. The fraction of sp³-hybridized carbons (Fsp3) is 0.0769. The van der Waals surface area contributed by atoms with Gasteiger partial charge in [0, 0.05) is 28.9 Å². The maximum absolute atomic E-state index is 13.6. The predicted octanol–water partition coefficient (Wildman–Crippen LogP) is 5.23. The molecule has 0 fully saturated rings. The molecule has 0 spiro atoms. The van der Waals surface area contributed by atoms with E-state index in [0.717, 1.165) is 30.3 Å². The zero-order valence-electron chi connectivity index (χ0n) is 20.0. The molecule has 0 bridgehead atoms. The number of hydrazine groups is 1. The topological polar surface area (TPSA) is 147 Å². The molecule has 0 aliphatic rings. The number of aromatic hydroxyl groups is 1. The molecule has 13 heteroatoms. The normalized spacial score (nSPS) is 11.5. The van der Waals surface area contributed by atoms with Crippen molar-refractivity contribution in [1.82, 2.24) is 10.9 Å². The lowest BCUT2D eigenvalue weighted by Gasteiger charge is -2.16. The van der Waals surface area contributed by atoms with Gasteiger partial charge in [-0.05, 0) is 60.5 Å². The molecular formula is C26H19F3N4O6. The number of benzene rings is 3. The van der Waals surface area contributed by atoms with Crippen molar-refractivity contribution in [3.8, 4) is 16.9 Å². The van der Waals surface area contributed by atoms with Crippen LogP contribution in [0.4, 0.5) is 24.5 Å². The first-order valence-electron chi connectivity index (χ1n) is 11.2. The average Bonchev–Trinajstić information content (AvgIpc) is 3.40. The average molecular weight is 540 g/mol. The van der Waals surface area contributed by atoms with Crippen LogP contribution >= 0.6 is 0 Å². The third-order valence-electron chi connectivity index (χ3n) is 5.68.